The Kier molecular flexibility index (Phi) is 2.38. The molecule has 0 fully saturated rings. The third kappa shape index (κ3) is 3.05. The Bertz CT molecular complexity index is 298. The van der Waals surface area contributed by atoms with Gasteiger partial charge in [0, 0.05) is 0 Å². The monoisotopic (exact) mass is 198 g/mol. The van der Waals surface area contributed by atoms with Crippen molar-refractivity contribution in [2.45, 2.75) is 52.7 Å². The minimum absolute atomic E-state index is 0.102. The molecular formula is C11H18O3. The van der Waals surface area contributed by atoms with Gasteiger partial charge in [0.05, 0.1) is 0 Å². The molecule has 0 bridgehead atoms. The zero-order valence-corrected chi connectivity index (χ0v) is 9.72. The summed E-state index contributed by atoms with van der Waals surface area (Å²) < 4.78 is 10.8. The van der Waals surface area contributed by atoms with E-state index in [-0.39, 0.29) is 16.6 Å². The molecule has 0 N–H and O–H groups in total. The largest absolute Gasteiger partial charge is 0.480 e. The fourth-order valence-corrected chi connectivity index (χ4v) is 0.937. The lowest BCUT2D eigenvalue weighted by atomic mass is 10.2. The summed E-state index contributed by atoms with van der Waals surface area (Å²) in [6.45, 7) is 11.4. The maximum absolute atomic E-state index is 11.2. The Morgan fingerprint density at radius 3 is 1.29 bits per heavy atom. The van der Waals surface area contributed by atoms with Gasteiger partial charge >= 0.3 is 0 Å². The summed E-state index contributed by atoms with van der Waals surface area (Å²) in [5.74, 6) is 0.764. The molecule has 0 atom stereocenters. The van der Waals surface area contributed by atoms with Crippen molar-refractivity contribution in [1.82, 2.24) is 0 Å². The van der Waals surface area contributed by atoms with Gasteiger partial charge in [0.15, 0.2) is 0 Å². The van der Waals surface area contributed by atoms with Crippen LogP contribution in [0.3, 0.4) is 0 Å². The van der Waals surface area contributed by atoms with Crippen LogP contribution in [0.25, 0.3) is 0 Å². The highest BCUT2D eigenvalue weighted by Gasteiger charge is 2.33. The first-order chi connectivity index (χ1) is 6.10. The lowest BCUT2D eigenvalue weighted by Crippen LogP contribution is -2.23. The average molecular weight is 198 g/mol. The molecule has 1 rings (SSSR count). The summed E-state index contributed by atoms with van der Waals surface area (Å²) >= 11 is 0. The molecule has 3 nitrogen and oxygen atoms in total. The smallest absolute Gasteiger partial charge is 0.270 e. The molecule has 0 aliphatic carbocycles. The maximum atomic E-state index is 11.2. The second kappa shape index (κ2) is 3.01. The van der Waals surface area contributed by atoms with Crippen LogP contribution in [0.1, 0.15) is 41.5 Å². The zero-order valence-electron chi connectivity index (χ0n) is 9.72. The minimum atomic E-state index is -0.339. The van der Waals surface area contributed by atoms with Gasteiger partial charge in [-0.05, 0) is 41.5 Å². The molecule has 0 radical (unpaired) electrons. The van der Waals surface area contributed by atoms with Gasteiger partial charge in [0.2, 0.25) is 11.5 Å². The van der Waals surface area contributed by atoms with Crippen molar-refractivity contribution in [2.24, 2.45) is 0 Å². The summed E-state index contributed by atoms with van der Waals surface area (Å²) in [6, 6.07) is 0. The molecule has 14 heavy (non-hydrogen) atoms. The highest BCUT2D eigenvalue weighted by Crippen LogP contribution is 2.35. The highest BCUT2D eigenvalue weighted by atomic mass is 16.6. The fourth-order valence-electron chi connectivity index (χ4n) is 0.937. The molecule has 0 spiro atoms. The van der Waals surface area contributed by atoms with Crippen LogP contribution in [0.15, 0.2) is 4.79 Å². The van der Waals surface area contributed by atoms with Crippen LogP contribution in [0.4, 0.5) is 0 Å². The van der Waals surface area contributed by atoms with Gasteiger partial charge in [-0.1, -0.05) is 0 Å². The molecule has 1 aromatic rings. The van der Waals surface area contributed by atoms with Gasteiger partial charge < -0.3 is 9.47 Å². The third-order valence-corrected chi connectivity index (χ3v) is 1.37. The van der Waals surface area contributed by atoms with Crippen LogP contribution >= 0.6 is 0 Å². The lowest BCUT2D eigenvalue weighted by Gasteiger charge is -2.20. The number of hydrogen-bond donors (Lipinski definition) is 0. The van der Waals surface area contributed by atoms with Gasteiger partial charge in [0.25, 0.3) is 5.43 Å². The predicted molar refractivity (Wildman–Crippen MR) is 55.8 cm³/mol. The van der Waals surface area contributed by atoms with E-state index in [1.54, 1.807) is 0 Å². The Morgan fingerprint density at radius 1 is 0.786 bits per heavy atom. The Morgan fingerprint density at radius 2 is 1.07 bits per heavy atom. The number of hydrogen-bond acceptors (Lipinski definition) is 3. The summed E-state index contributed by atoms with van der Waals surface area (Å²) in [7, 11) is 0. The van der Waals surface area contributed by atoms with Crippen molar-refractivity contribution >= 4 is 0 Å². The molecule has 0 aliphatic heterocycles. The van der Waals surface area contributed by atoms with Gasteiger partial charge in [-0.3, -0.25) is 4.79 Å². The van der Waals surface area contributed by atoms with Gasteiger partial charge in [-0.15, -0.1) is 0 Å². The van der Waals surface area contributed by atoms with E-state index in [2.05, 4.69) is 0 Å². The third-order valence-electron chi connectivity index (χ3n) is 1.37. The first kappa shape index (κ1) is 11.1. The lowest BCUT2D eigenvalue weighted by molar-refractivity contribution is 0.110. The van der Waals surface area contributed by atoms with Gasteiger partial charge in [0.1, 0.15) is 11.2 Å². The minimum Gasteiger partial charge on any atom is -0.480 e. The van der Waals surface area contributed by atoms with E-state index < -0.39 is 0 Å². The molecule has 0 saturated carbocycles. The molecule has 80 valence electrons. The standard InChI is InChI=1S/C11H18O3/c1-10(2,3)13-8-7(12)9(8)14-11(4,5)6/h1-6H3. The van der Waals surface area contributed by atoms with Crippen LogP contribution < -0.4 is 14.9 Å². The topological polar surface area (TPSA) is 35.5 Å². The average Bonchev–Trinajstić information content (AvgIpc) is 2.38. The molecule has 1 aromatic carbocycles. The van der Waals surface area contributed by atoms with E-state index >= 15 is 0 Å². The summed E-state index contributed by atoms with van der Waals surface area (Å²) in [6.07, 6.45) is 0. The van der Waals surface area contributed by atoms with Crippen molar-refractivity contribution < 1.29 is 9.47 Å². The van der Waals surface area contributed by atoms with Crippen LogP contribution in [-0.4, -0.2) is 11.2 Å². The summed E-state index contributed by atoms with van der Waals surface area (Å²) in [4.78, 5) is 11.2. The molecule has 0 aliphatic rings. The van der Waals surface area contributed by atoms with Gasteiger partial charge in [-0.25, -0.2) is 0 Å². The highest BCUT2D eigenvalue weighted by molar-refractivity contribution is 5.54. The van der Waals surface area contributed by atoms with Crippen LogP contribution in [0, 0.1) is 0 Å². The van der Waals surface area contributed by atoms with Crippen molar-refractivity contribution in [3.05, 3.63) is 10.2 Å². The number of rotatable bonds is 2. The van der Waals surface area contributed by atoms with Crippen molar-refractivity contribution in [3.63, 3.8) is 0 Å². The molecule has 0 saturated heterocycles. The molecule has 0 heterocycles. The Hall–Kier alpha value is -0.990. The predicted octanol–water partition coefficient (Wildman–Crippen LogP) is 2.28. The van der Waals surface area contributed by atoms with E-state index in [4.69, 9.17) is 9.47 Å². The normalized spacial score (nSPS) is 13.3. The fraction of sp³-hybridized carbons (Fsp3) is 0.727. The van der Waals surface area contributed by atoms with Gasteiger partial charge in [-0.2, -0.15) is 0 Å². The second-order valence-corrected chi connectivity index (χ2v) is 5.42. The molecule has 0 aromatic heterocycles. The Labute approximate surface area is 84.7 Å². The molecule has 3 heteroatoms. The van der Waals surface area contributed by atoms with Crippen molar-refractivity contribution in [2.75, 3.05) is 0 Å². The van der Waals surface area contributed by atoms with E-state index in [1.165, 1.54) is 0 Å². The van der Waals surface area contributed by atoms with E-state index in [9.17, 15) is 4.79 Å². The van der Waals surface area contributed by atoms with Crippen molar-refractivity contribution in [3.8, 4) is 11.5 Å². The first-order valence-electron chi connectivity index (χ1n) is 4.77. The van der Waals surface area contributed by atoms with E-state index in [1.807, 2.05) is 41.5 Å². The number of ether oxygens (including phenoxy) is 2. The summed E-state index contributed by atoms with van der Waals surface area (Å²) in [5.41, 5.74) is -0.781. The first-order valence-corrected chi connectivity index (χ1v) is 4.77. The van der Waals surface area contributed by atoms with E-state index in [0.717, 1.165) is 0 Å². The van der Waals surface area contributed by atoms with Crippen molar-refractivity contribution in [1.29, 1.82) is 0 Å². The molecule has 0 amide bonds. The van der Waals surface area contributed by atoms with E-state index in [0.29, 0.717) is 11.5 Å². The second-order valence-electron chi connectivity index (χ2n) is 5.42. The quantitative estimate of drug-likeness (QED) is 0.731. The van der Waals surface area contributed by atoms with Crippen LogP contribution in [0.5, 0.6) is 11.5 Å². The van der Waals surface area contributed by atoms with Crippen LogP contribution in [0.2, 0.25) is 0 Å². The molecular weight excluding hydrogens is 180 g/mol. The zero-order chi connectivity index (χ0) is 11.1. The molecule has 0 unspecified atom stereocenters. The maximum Gasteiger partial charge on any atom is 0.270 e. The SMILES string of the molecule is CC(C)(C)Oc1c(OC(C)(C)C)c1=O. The Balaban J connectivity index is 2.63. The summed E-state index contributed by atoms with van der Waals surface area (Å²) in [5, 5.41) is 0. The van der Waals surface area contributed by atoms with Crippen LogP contribution in [-0.2, 0) is 0 Å².